The van der Waals surface area contributed by atoms with E-state index in [1.54, 1.807) is 0 Å². The quantitative estimate of drug-likeness (QED) is 0.697. The van der Waals surface area contributed by atoms with Crippen molar-refractivity contribution in [3.8, 4) is 0 Å². The molecule has 150 valence electrons. The maximum atomic E-state index is 12.9. The van der Waals surface area contributed by atoms with Crippen LogP contribution in [0.5, 0.6) is 0 Å². The number of aliphatic hydroxyl groups excluding tert-OH is 1. The fourth-order valence-electron chi connectivity index (χ4n) is 4.21. The van der Waals surface area contributed by atoms with Gasteiger partial charge in [-0.25, -0.2) is 0 Å². The second kappa shape index (κ2) is 8.21. The van der Waals surface area contributed by atoms with E-state index in [1.165, 1.54) is 6.42 Å². The van der Waals surface area contributed by atoms with Crippen molar-refractivity contribution in [3.05, 3.63) is 65.2 Å². The summed E-state index contributed by atoms with van der Waals surface area (Å²) in [5.41, 5.74) is 3.84. The van der Waals surface area contributed by atoms with Gasteiger partial charge in [-0.1, -0.05) is 67.3 Å². The second-order valence-corrected chi connectivity index (χ2v) is 7.90. The molecule has 2 aromatic rings. The third-order valence-electron chi connectivity index (χ3n) is 5.78. The van der Waals surface area contributed by atoms with Crippen LogP contribution in [0.15, 0.2) is 48.5 Å². The zero-order chi connectivity index (χ0) is 20.4. The first-order chi connectivity index (χ1) is 14.0. The van der Waals surface area contributed by atoms with E-state index in [-0.39, 0.29) is 11.9 Å². The Balaban J connectivity index is 1.76. The average Bonchev–Trinajstić information content (AvgIpc) is 3.06. The molecule has 1 fully saturated rings. The van der Waals surface area contributed by atoms with Crippen molar-refractivity contribution in [3.63, 3.8) is 0 Å². The molecule has 2 amide bonds. The molecule has 0 spiro atoms. The summed E-state index contributed by atoms with van der Waals surface area (Å²) in [6.07, 6.45) is 3.79. The van der Waals surface area contributed by atoms with Crippen molar-refractivity contribution in [2.75, 3.05) is 5.32 Å². The molecular formula is C24H26N2O3. The molecule has 5 nitrogen and oxygen atoms in total. The minimum absolute atomic E-state index is 0.0832. The Morgan fingerprint density at radius 1 is 1.07 bits per heavy atom. The third kappa shape index (κ3) is 3.96. The van der Waals surface area contributed by atoms with Crippen LogP contribution >= 0.6 is 0 Å². The monoisotopic (exact) mass is 390 g/mol. The maximum absolute atomic E-state index is 12.9. The SMILES string of the molecule is Cc1ccc(/C(=C2/C(=O)Nc3ccccc32)C(O)C(=O)NC2CCCCC2)cc1. The predicted octanol–water partition coefficient (Wildman–Crippen LogP) is 3.67. The van der Waals surface area contributed by atoms with E-state index in [2.05, 4.69) is 10.6 Å². The molecule has 1 aliphatic heterocycles. The van der Waals surface area contributed by atoms with Gasteiger partial charge in [-0.15, -0.1) is 0 Å². The van der Waals surface area contributed by atoms with E-state index >= 15 is 0 Å². The molecule has 1 heterocycles. The van der Waals surface area contributed by atoms with Crippen molar-refractivity contribution in [1.82, 2.24) is 5.32 Å². The molecule has 5 heteroatoms. The van der Waals surface area contributed by atoms with Crippen LogP contribution in [-0.4, -0.2) is 29.1 Å². The van der Waals surface area contributed by atoms with Crippen LogP contribution in [0, 0.1) is 6.92 Å². The summed E-state index contributed by atoms with van der Waals surface area (Å²) in [4.78, 5) is 25.8. The minimum atomic E-state index is -1.42. The van der Waals surface area contributed by atoms with Crippen molar-refractivity contribution >= 4 is 28.6 Å². The average molecular weight is 390 g/mol. The van der Waals surface area contributed by atoms with E-state index < -0.39 is 12.0 Å². The molecule has 1 saturated carbocycles. The van der Waals surface area contributed by atoms with Crippen LogP contribution in [0.4, 0.5) is 5.69 Å². The number of para-hydroxylation sites is 1. The third-order valence-corrected chi connectivity index (χ3v) is 5.78. The Bertz CT molecular complexity index is 956. The van der Waals surface area contributed by atoms with Crippen molar-refractivity contribution in [1.29, 1.82) is 0 Å². The van der Waals surface area contributed by atoms with Crippen LogP contribution in [0.25, 0.3) is 11.1 Å². The van der Waals surface area contributed by atoms with Crippen LogP contribution in [-0.2, 0) is 9.59 Å². The number of anilines is 1. The molecule has 0 saturated heterocycles. The lowest BCUT2D eigenvalue weighted by Crippen LogP contribution is -2.43. The number of nitrogens with one attached hydrogen (secondary N) is 2. The van der Waals surface area contributed by atoms with Gasteiger partial charge in [0.1, 0.15) is 0 Å². The molecule has 4 rings (SSSR count). The zero-order valence-corrected chi connectivity index (χ0v) is 16.6. The summed E-state index contributed by atoms with van der Waals surface area (Å²) in [6, 6.07) is 15.0. The highest BCUT2D eigenvalue weighted by atomic mass is 16.3. The standard InChI is InChI=1S/C24H26N2O3/c1-15-11-13-16(14-12-15)20(21-18-9-5-6-10-19(18)26-23(21)28)22(27)24(29)25-17-7-3-2-4-8-17/h5-6,9-14,17,22,27H,2-4,7-8H2,1H3,(H,25,29)(H,26,28)/b21-20-. The topological polar surface area (TPSA) is 78.4 Å². The lowest BCUT2D eigenvalue weighted by atomic mass is 9.90. The van der Waals surface area contributed by atoms with Crippen molar-refractivity contribution in [2.45, 2.75) is 51.2 Å². The molecule has 1 aliphatic carbocycles. The Morgan fingerprint density at radius 3 is 2.48 bits per heavy atom. The number of hydrogen-bond acceptors (Lipinski definition) is 3. The zero-order valence-electron chi connectivity index (χ0n) is 16.6. The number of benzene rings is 2. The second-order valence-electron chi connectivity index (χ2n) is 7.90. The number of aryl methyl sites for hydroxylation is 1. The number of amides is 2. The van der Waals surface area contributed by atoms with Gasteiger partial charge in [0.15, 0.2) is 6.10 Å². The molecule has 1 unspecified atom stereocenters. The van der Waals surface area contributed by atoms with Crippen LogP contribution in [0.3, 0.4) is 0 Å². The predicted molar refractivity (Wildman–Crippen MR) is 114 cm³/mol. The molecule has 3 N–H and O–H groups in total. The van der Waals surface area contributed by atoms with Gasteiger partial charge in [-0.2, -0.15) is 0 Å². The van der Waals surface area contributed by atoms with Crippen LogP contribution in [0.1, 0.15) is 48.8 Å². The number of carbonyl (C=O) groups excluding carboxylic acids is 2. The van der Waals surface area contributed by atoms with E-state index in [4.69, 9.17) is 0 Å². The van der Waals surface area contributed by atoms with Crippen molar-refractivity contribution < 1.29 is 14.7 Å². The number of fused-ring (bicyclic) bond motifs is 1. The summed E-state index contributed by atoms with van der Waals surface area (Å²) in [6.45, 7) is 1.97. The molecular weight excluding hydrogens is 364 g/mol. The fraction of sp³-hybridized carbons (Fsp3) is 0.333. The van der Waals surface area contributed by atoms with Gasteiger partial charge in [0.25, 0.3) is 11.8 Å². The Morgan fingerprint density at radius 2 is 1.76 bits per heavy atom. The van der Waals surface area contributed by atoms with E-state index in [1.807, 2.05) is 55.5 Å². The lowest BCUT2D eigenvalue weighted by molar-refractivity contribution is -0.127. The molecule has 0 radical (unpaired) electrons. The molecule has 2 aliphatic rings. The van der Waals surface area contributed by atoms with Gasteiger partial charge in [-0.3, -0.25) is 9.59 Å². The summed E-state index contributed by atoms with van der Waals surface area (Å²) < 4.78 is 0. The first kappa shape index (κ1) is 19.4. The number of carbonyl (C=O) groups is 2. The highest BCUT2D eigenvalue weighted by Gasteiger charge is 2.33. The molecule has 0 bridgehead atoms. The van der Waals surface area contributed by atoms with E-state index in [9.17, 15) is 14.7 Å². The van der Waals surface area contributed by atoms with Gasteiger partial charge < -0.3 is 15.7 Å². The Labute approximate surface area is 170 Å². The largest absolute Gasteiger partial charge is 0.378 e. The summed E-state index contributed by atoms with van der Waals surface area (Å²) in [5, 5.41) is 16.9. The number of aliphatic hydroxyl groups is 1. The number of rotatable bonds is 4. The van der Waals surface area contributed by atoms with Crippen LogP contribution in [0.2, 0.25) is 0 Å². The van der Waals surface area contributed by atoms with Gasteiger partial charge in [0, 0.05) is 22.9 Å². The van der Waals surface area contributed by atoms with E-state index in [0.29, 0.717) is 28.0 Å². The van der Waals surface area contributed by atoms with Gasteiger partial charge in [-0.05, 0) is 31.4 Å². The van der Waals surface area contributed by atoms with Crippen LogP contribution < -0.4 is 10.6 Å². The summed E-state index contributed by atoms with van der Waals surface area (Å²) in [5.74, 6) is -0.747. The highest BCUT2D eigenvalue weighted by molar-refractivity contribution is 6.38. The highest BCUT2D eigenvalue weighted by Crippen LogP contribution is 2.38. The van der Waals surface area contributed by atoms with Gasteiger partial charge >= 0.3 is 0 Å². The first-order valence-electron chi connectivity index (χ1n) is 10.2. The maximum Gasteiger partial charge on any atom is 0.256 e. The minimum Gasteiger partial charge on any atom is -0.378 e. The molecule has 2 aromatic carbocycles. The van der Waals surface area contributed by atoms with Gasteiger partial charge in [0.05, 0.1) is 5.57 Å². The lowest BCUT2D eigenvalue weighted by Gasteiger charge is -2.25. The van der Waals surface area contributed by atoms with E-state index in [0.717, 1.165) is 31.2 Å². The summed E-state index contributed by atoms with van der Waals surface area (Å²) in [7, 11) is 0. The Kier molecular flexibility index (Phi) is 5.49. The number of hydrogen-bond donors (Lipinski definition) is 3. The first-order valence-corrected chi connectivity index (χ1v) is 10.2. The molecule has 29 heavy (non-hydrogen) atoms. The van der Waals surface area contributed by atoms with Gasteiger partial charge in [0.2, 0.25) is 0 Å². The fourth-order valence-corrected chi connectivity index (χ4v) is 4.21. The molecule has 0 aromatic heterocycles. The smallest absolute Gasteiger partial charge is 0.256 e. The van der Waals surface area contributed by atoms with Crippen molar-refractivity contribution in [2.24, 2.45) is 0 Å². The molecule has 1 atom stereocenters. The normalized spacial score (nSPS) is 19.3. The summed E-state index contributed by atoms with van der Waals surface area (Å²) >= 11 is 0. The Hall–Kier alpha value is -2.92.